The van der Waals surface area contributed by atoms with E-state index >= 15 is 0 Å². The highest BCUT2D eigenvalue weighted by molar-refractivity contribution is 5.91. The lowest BCUT2D eigenvalue weighted by Gasteiger charge is -2.29. The fourth-order valence-corrected chi connectivity index (χ4v) is 3.72. The summed E-state index contributed by atoms with van der Waals surface area (Å²) in [5.74, 6) is -6.88. The van der Waals surface area contributed by atoms with Gasteiger partial charge in [-0.1, -0.05) is 44.9 Å². The van der Waals surface area contributed by atoms with E-state index in [4.69, 9.17) is 14.6 Å². The van der Waals surface area contributed by atoms with Gasteiger partial charge in [-0.3, -0.25) is 14.4 Å². The van der Waals surface area contributed by atoms with Crippen molar-refractivity contribution < 1.29 is 53.9 Å². The largest absolute Gasteiger partial charge is 0.481 e. The second-order valence-electron chi connectivity index (χ2n) is 7.96. The molecule has 0 aliphatic carbocycles. The number of hydrogen-bond donors (Lipinski definition) is 4. The molecule has 11 heteroatoms. The van der Waals surface area contributed by atoms with E-state index in [-0.39, 0.29) is 25.9 Å². The summed E-state index contributed by atoms with van der Waals surface area (Å²) in [4.78, 5) is 56.3. The van der Waals surface area contributed by atoms with Gasteiger partial charge in [-0.2, -0.15) is 0 Å². The molecular formula is C21H32O11. The highest BCUT2D eigenvalue weighted by atomic mass is 16.6. The van der Waals surface area contributed by atoms with Crippen molar-refractivity contribution in [2.75, 3.05) is 6.61 Å². The van der Waals surface area contributed by atoms with Gasteiger partial charge in [0.15, 0.2) is 6.10 Å². The predicted octanol–water partition coefficient (Wildman–Crippen LogP) is 1.74. The van der Waals surface area contributed by atoms with E-state index in [9.17, 15) is 39.3 Å². The standard InChI is InChI=1S/C21H32O11/c22-15(13-16(23)24)19(28)31-12-8-6-4-2-1-3-5-7-9-14(18(26)27)21(20(29)30)11-10-17(25)32-21/h14-15,22H,1-13H2,(H,23,24)(H,26,27)(H,29,30)/t14-,15-,21-/m1/s1. The Labute approximate surface area is 185 Å². The second-order valence-corrected chi connectivity index (χ2v) is 7.96. The Morgan fingerprint density at radius 1 is 0.938 bits per heavy atom. The van der Waals surface area contributed by atoms with Gasteiger partial charge in [-0.25, -0.2) is 9.59 Å². The number of rotatable bonds is 17. The van der Waals surface area contributed by atoms with Crippen LogP contribution in [0.4, 0.5) is 0 Å². The zero-order valence-corrected chi connectivity index (χ0v) is 18.0. The molecule has 0 amide bonds. The Kier molecular flexibility index (Phi) is 11.7. The molecule has 1 heterocycles. The summed E-state index contributed by atoms with van der Waals surface area (Å²) in [5.41, 5.74) is -1.98. The molecule has 1 rings (SSSR count). The molecule has 1 fully saturated rings. The third-order valence-corrected chi connectivity index (χ3v) is 5.49. The maximum atomic E-state index is 11.6. The normalized spacial score (nSPS) is 19.7. The summed E-state index contributed by atoms with van der Waals surface area (Å²) >= 11 is 0. The number of carbonyl (C=O) groups excluding carboxylic acids is 2. The molecule has 4 N–H and O–H groups in total. The average molecular weight is 460 g/mol. The van der Waals surface area contributed by atoms with Crippen LogP contribution < -0.4 is 0 Å². The fourth-order valence-electron chi connectivity index (χ4n) is 3.72. The molecule has 1 saturated heterocycles. The van der Waals surface area contributed by atoms with Crippen molar-refractivity contribution in [3.63, 3.8) is 0 Å². The number of aliphatic hydroxyl groups is 1. The van der Waals surface area contributed by atoms with Gasteiger partial charge in [0.25, 0.3) is 0 Å². The zero-order valence-electron chi connectivity index (χ0n) is 18.0. The van der Waals surface area contributed by atoms with Crippen molar-refractivity contribution >= 4 is 29.8 Å². The fraction of sp³-hybridized carbons (Fsp3) is 0.762. The van der Waals surface area contributed by atoms with Crippen molar-refractivity contribution in [1.29, 1.82) is 0 Å². The molecular weight excluding hydrogens is 428 g/mol. The Morgan fingerprint density at radius 3 is 1.97 bits per heavy atom. The van der Waals surface area contributed by atoms with Crippen LogP contribution >= 0.6 is 0 Å². The van der Waals surface area contributed by atoms with Gasteiger partial charge in [0, 0.05) is 12.8 Å². The van der Waals surface area contributed by atoms with Crippen LogP contribution in [0, 0.1) is 5.92 Å². The first-order valence-electron chi connectivity index (χ1n) is 10.8. The molecule has 0 aromatic heterocycles. The van der Waals surface area contributed by atoms with E-state index in [1.54, 1.807) is 0 Å². The topological polar surface area (TPSA) is 185 Å². The van der Waals surface area contributed by atoms with Gasteiger partial charge in [0.1, 0.15) is 5.92 Å². The maximum Gasteiger partial charge on any atom is 0.349 e. The van der Waals surface area contributed by atoms with E-state index in [1.165, 1.54) is 0 Å². The number of unbranched alkanes of at least 4 members (excludes halogenated alkanes) is 7. The lowest BCUT2D eigenvalue weighted by Crippen LogP contribution is -2.49. The van der Waals surface area contributed by atoms with E-state index in [0.29, 0.717) is 12.8 Å². The van der Waals surface area contributed by atoms with E-state index in [2.05, 4.69) is 0 Å². The highest BCUT2D eigenvalue weighted by Gasteiger charge is 2.56. The molecule has 0 spiro atoms. The minimum absolute atomic E-state index is 0.0990. The number of carboxylic acids is 3. The average Bonchev–Trinajstić information content (AvgIpc) is 3.10. The Hall–Kier alpha value is -2.69. The molecule has 0 aromatic rings. The molecule has 0 bridgehead atoms. The minimum Gasteiger partial charge on any atom is -0.481 e. The summed E-state index contributed by atoms with van der Waals surface area (Å²) < 4.78 is 9.74. The predicted molar refractivity (Wildman–Crippen MR) is 108 cm³/mol. The van der Waals surface area contributed by atoms with Gasteiger partial charge < -0.3 is 29.9 Å². The van der Waals surface area contributed by atoms with Crippen molar-refractivity contribution in [2.24, 2.45) is 5.92 Å². The zero-order chi connectivity index (χ0) is 24.1. The van der Waals surface area contributed by atoms with Crippen LogP contribution in [0.25, 0.3) is 0 Å². The third kappa shape index (κ3) is 8.81. The monoisotopic (exact) mass is 460 g/mol. The van der Waals surface area contributed by atoms with Crippen LogP contribution in [0.3, 0.4) is 0 Å². The second kappa shape index (κ2) is 13.7. The van der Waals surface area contributed by atoms with Crippen molar-refractivity contribution in [3.8, 4) is 0 Å². The first-order valence-corrected chi connectivity index (χ1v) is 10.8. The summed E-state index contributed by atoms with van der Waals surface area (Å²) in [6, 6.07) is 0. The first-order chi connectivity index (χ1) is 15.1. The Balaban J connectivity index is 2.14. The van der Waals surface area contributed by atoms with Crippen LogP contribution in [-0.2, 0) is 33.4 Å². The van der Waals surface area contributed by atoms with Crippen LogP contribution in [-0.4, -0.2) is 68.6 Å². The number of aliphatic hydroxyl groups excluding tert-OH is 1. The molecule has 182 valence electrons. The van der Waals surface area contributed by atoms with Crippen LogP contribution in [0.5, 0.6) is 0 Å². The third-order valence-electron chi connectivity index (χ3n) is 5.49. The van der Waals surface area contributed by atoms with Gasteiger partial charge in [-0.15, -0.1) is 0 Å². The molecule has 32 heavy (non-hydrogen) atoms. The number of aliphatic carboxylic acids is 3. The SMILES string of the molecule is O=C(O)C[C@@H](O)C(=O)OCCCCCCCCCC[C@H](C(=O)O)[C@@]1(C(=O)O)CCC(=O)O1. The molecule has 0 radical (unpaired) electrons. The molecule has 3 atom stereocenters. The number of cyclic esters (lactones) is 1. The Bertz CT molecular complexity index is 675. The first kappa shape index (κ1) is 27.3. The highest BCUT2D eigenvalue weighted by Crippen LogP contribution is 2.37. The molecule has 11 nitrogen and oxygen atoms in total. The Morgan fingerprint density at radius 2 is 1.50 bits per heavy atom. The van der Waals surface area contributed by atoms with Gasteiger partial charge in [-0.05, 0) is 12.8 Å². The summed E-state index contributed by atoms with van der Waals surface area (Å²) in [7, 11) is 0. The molecule has 1 aliphatic heterocycles. The smallest absolute Gasteiger partial charge is 0.349 e. The lowest BCUT2D eigenvalue weighted by atomic mass is 9.81. The van der Waals surface area contributed by atoms with E-state index < -0.39 is 53.9 Å². The minimum atomic E-state index is -1.98. The number of ether oxygens (including phenoxy) is 2. The number of carboxylic acid groups (broad SMARTS) is 3. The van der Waals surface area contributed by atoms with Gasteiger partial charge in [0.2, 0.25) is 5.60 Å². The number of carbonyl (C=O) groups is 5. The number of hydrogen-bond acceptors (Lipinski definition) is 8. The number of esters is 2. The summed E-state index contributed by atoms with van der Waals surface area (Å²) in [5, 5.41) is 36.7. The summed E-state index contributed by atoms with van der Waals surface area (Å²) in [6.45, 7) is 0.113. The van der Waals surface area contributed by atoms with Crippen LogP contribution in [0.2, 0.25) is 0 Å². The van der Waals surface area contributed by atoms with Crippen molar-refractivity contribution in [3.05, 3.63) is 0 Å². The summed E-state index contributed by atoms with van der Waals surface area (Å²) in [6.07, 6.45) is 3.77. The van der Waals surface area contributed by atoms with Crippen molar-refractivity contribution in [1.82, 2.24) is 0 Å². The molecule has 0 unspecified atom stereocenters. The van der Waals surface area contributed by atoms with E-state index in [1.807, 2.05) is 0 Å². The molecule has 1 aliphatic rings. The quantitative estimate of drug-likeness (QED) is 0.183. The maximum absolute atomic E-state index is 11.6. The molecule has 0 aromatic carbocycles. The van der Waals surface area contributed by atoms with Crippen LogP contribution in [0.15, 0.2) is 0 Å². The van der Waals surface area contributed by atoms with Crippen molar-refractivity contribution in [2.45, 2.75) is 88.8 Å². The van der Waals surface area contributed by atoms with Gasteiger partial charge >= 0.3 is 29.8 Å². The van der Waals surface area contributed by atoms with Crippen LogP contribution in [0.1, 0.15) is 77.0 Å². The lowest BCUT2D eigenvalue weighted by molar-refractivity contribution is -0.182. The van der Waals surface area contributed by atoms with E-state index in [0.717, 1.165) is 38.5 Å². The molecule has 0 saturated carbocycles. The van der Waals surface area contributed by atoms with Gasteiger partial charge in [0.05, 0.1) is 13.0 Å².